The van der Waals surface area contributed by atoms with Crippen LogP contribution in [0.25, 0.3) is 11.1 Å². The Morgan fingerprint density at radius 1 is 1.06 bits per heavy atom. The van der Waals surface area contributed by atoms with Gasteiger partial charge in [-0.15, -0.1) is 0 Å². The molecular formula is C27H28FNO3. The van der Waals surface area contributed by atoms with Crippen LogP contribution in [0.3, 0.4) is 0 Å². The predicted molar refractivity (Wildman–Crippen MR) is 123 cm³/mol. The summed E-state index contributed by atoms with van der Waals surface area (Å²) in [6.07, 6.45) is 1.83. The molecule has 0 aromatic heterocycles. The van der Waals surface area contributed by atoms with Crippen LogP contribution in [0.2, 0.25) is 0 Å². The van der Waals surface area contributed by atoms with Gasteiger partial charge in [0.15, 0.2) is 0 Å². The zero-order chi connectivity index (χ0) is 22.6. The van der Waals surface area contributed by atoms with E-state index in [-0.39, 0.29) is 5.82 Å². The fourth-order valence-electron chi connectivity index (χ4n) is 4.82. The molecule has 166 valence electrons. The predicted octanol–water partition coefficient (Wildman–Crippen LogP) is 5.41. The molecule has 4 nitrogen and oxygen atoms in total. The number of carboxylic acids is 1. The lowest BCUT2D eigenvalue weighted by Crippen LogP contribution is -2.48. The molecule has 0 saturated carbocycles. The Hall–Kier alpha value is -3.18. The van der Waals surface area contributed by atoms with E-state index in [4.69, 9.17) is 4.74 Å². The molecule has 1 fully saturated rings. The Labute approximate surface area is 188 Å². The molecule has 3 aromatic rings. The maximum absolute atomic E-state index is 13.6. The van der Waals surface area contributed by atoms with Crippen LogP contribution in [0.5, 0.6) is 5.75 Å². The van der Waals surface area contributed by atoms with Crippen LogP contribution < -0.4 is 4.74 Å². The van der Waals surface area contributed by atoms with Crippen LogP contribution in [0, 0.1) is 11.2 Å². The molecule has 1 N–H and O–H groups in total. The van der Waals surface area contributed by atoms with Crippen molar-refractivity contribution < 1.29 is 19.0 Å². The highest BCUT2D eigenvalue weighted by atomic mass is 19.1. The minimum atomic E-state index is -0.899. The SMILES string of the molecule is COc1ccccc1-c1ccccc1C[C@]1(C(=O)O)CCCN(Cc2cccc(F)c2)C1. The number of halogens is 1. The number of hydrogen-bond donors (Lipinski definition) is 1. The molecule has 4 rings (SSSR count). The minimum Gasteiger partial charge on any atom is -0.496 e. The van der Waals surface area contributed by atoms with Gasteiger partial charge in [-0.1, -0.05) is 54.6 Å². The van der Waals surface area contributed by atoms with Gasteiger partial charge in [0.05, 0.1) is 12.5 Å². The summed E-state index contributed by atoms with van der Waals surface area (Å²) in [7, 11) is 1.64. The molecule has 0 aliphatic carbocycles. The van der Waals surface area contributed by atoms with E-state index in [1.54, 1.807) is 13.2 Å². The third-order valence-corrected chi connectivity index (χ3v) is 6.35. The van der Waals surface area contributed by atoms with E-state index in [9.17, 15) is 14.3 Å². The van der Waals surface area contributed by atoms with Gasteiger partial charge in [-0.3, -0.25) is 9.69 Å². The summed E-state index contributed by atoms with van der Waals surface area (Å²) in [4.78, 5) is 14.7. The molecule has 0 amide bonds. The van der Waals surface area contributed by atoms with Gasteiger partial charge < -0.3 is 9.84 Å². The van der Waals surface area contributed by atoms with Crippen molar-refractivity contribution in [1.82, 2.24) is 4.90 Å². The molecule has 3 aromatic carbocycles. The number of rotatable bonds is 7. The second kappa shape index (κ2) is 9.53. The van der Waals surface area contributed by atoms with Crippen molar-refractivity contribution in [2.24, 2.45) is 5.41 Å². The van der Waals surface area contributed by atoms with Gasteiger partial charge in [-0.2, -0.15) is 0 Å². The average Bonchev–Trinajstić information content (AvgIpc) is 2.79. The Kier molecular flexibility index (Phi) is 6.56. The molecule has 0 unspecified atom stereocenters. The lowest BCUT2D eigenvalue weighted by atomic mass is 9.74. The van der Waals surface area contributed by atoms with Crippen molar-refractivity contribution in [1.29, 1.82) is 0 Å². The summed E-state index contributed by atoms with van der Waals surface area (Å²) in [5, 5.41) is 10.3. The monoisotopic (exact) mass is 433 g/mol. The van der Waals surface area contributed by atoms with Crippen molar-refractivity contribution in [3.8, 4) is 16.9 Å². The first kappa shape index (κ1) is 22.0. The van der Waals surface area contributed by atoms with Crippen molar-refractivity contribution in [3.05, 3.63) is 89.7 Å². The van der Waals surface area contributed by atoms with Crippen molar-refractivity contribution in [2.45, 2.75) is 25.8 Å². The number of carbonyl (C=O) groups is 1. The standard InChI is InChI=1S/C27H28FNO3/c1-32-25-13-5-4-12-24(25)23-11-3-2-9-21(23)17-27(26(30)31)14-7-15-29(19-27)18-20-8-6-10-22(28)16-20/h2-6,8-13,16H,7,14-15,17-19H2,1H3,(H,30,31)/t27-/m1/s1. The van der Waals surface area contributed by atoms with Crippen molar-refractivity contribution >= 4 is 5.97 Å². The Morgan fingerprint density at radius 3 is 2.56 bits per heavy atom. The fourth-order valence-corrected chi connectivity index (χ4v) is 4.82. The van der Waals surface area contributed by atoms with Crippen molar-refractivity contribution in [3.63, 3.8) is 0 Å². The van der Waals surface area contributed by atoms with Gasteiger partial charge in [-0.25, -0.2) is 4.39 Å². The molecular weight excluding hydrogens is 405 g/mol. The van der Waals surface area contributed by atoms with Crippen LogP contribution in [-0.4, -0.2) is 36.2 Å². The molecule has 0 spiro atoms. The zero-order valence-electron chi connectivity index (χ0n) is 18.3. The Morgan fingerprint density at radius 2 is 1.81 bits per heavy atom. The lowest BCUT2D eigenvalue weighted by molar-refractivity contribution is -0.152. The minimum absolute atomic E-state index is 0.269. The summed E-state index contributed by atoms with van der Waals surface area (Å²) in [6, 6.07) is 22.3. The van der Waals surface area contributed by atoms with Gasteiger partial charge in [0.25, 0.3) is 0 Å². The average molecular weight is 434 g/mol. The normalized spacial score (nSPS) is 18.9. The van der Waals surface area contributed by atoms with Crippen LogP contribution in [0.4, 0.5) is 4.39 Å². The maximum Gasteiger partial charge on any atom is 0.311 e. The first-order valence-electron chi connectivity index (χ1n) is 10.9. The quantitative estimate of drug-likeness (QED) is 0.541. The highest BCUT2D eigenvalue weighted by Gasteiger charge is 2.42. The van der Waals surface area contributed by atoms with Crippen LogP contribution in [-0.2, 0) is 17.8 Å². The molecule has 1 atom stereocenters. The summed E-state index contributed by atoms with van der Waals surface area (Å²) in [5.41, 5.74) is 2.91. The number of likely N-dealkylation sites (tertiary alicyclic amines) is 1. The number of aliphatic carboxylic acids is 1. The van der Waals surface area contributed by atoms with Gasteiger partial charge in [-0.05, 0) is 60.7 Å². The molecule has 32 heavy (non-hydrogen) atoms. The number of hydrogen-bond acceptors (Lipinski definition) is 3. The number of piperidine rings is 1. The molecule has 5 heteroatoms. The largest absolute Gasteiger partial charge is 0.496 e. The van der Waals surface area contributed by atoms with E-state index < -0.39 is 11.4 Å². The molecule has 1 heterocycles. The third kappa shape index (κ3) is 4.68. The highest BCUT2D eigenvalue weighted by molar-refractivity contribution is 5.78. The van der Waals surface area contributed by atoms with Gasteiger partial charge in [0.1, 0.15) is 11.6 Å². The molecule has 0 radical (unpaired) electrons. The number of nitrogens with zero attached hydrogens (tertiary/aromatic N) is 1. The van der Waals surface area contributed by atoms with E-state index in [1.165, 1.54) is 12.1 Å². The fraction of sp³-hybridized carbons (Fsp3) is 0.296. The van der Waals surface area contributed by atoms with Crippen LogP contribution >= 0.6 is 0 Å². The van der Waals surface area contributed by atoms with Crippen LogP contribution in [0.15, 0.2) is 72.8 Å². The number of para-hydroxylation sites is 1. The zero-order valence-corrected chi connectivity index (χ0v) is 18.3. The summed E-state index contributed by atoms with van der Waals surface area (Å²) < 4.78 is 19.2. The molecule has 0 bridgehead atoms. The van der Waals surface area contributed by atoms with Crippen LogP contribution in [0.1, 0.15) is 24.0 Å². The van der Waals surface area contributed by atoms with E-state index in [0.717, 1.165) is 41.0 Å². The highest BCUT2D eigenvalue weighted by Crippen LogP contribution is 2.39. The molecule has 1 saturated heterocycles. The number of methoxy groups -OCH3 is 1. The van der Waals surface area contributed by atoms with Gasteiger partial charge in [0, 0.05) is 18.7 Å². The number of ether oxygens (including phenoxy) is 1. The number of carboxylic acid groups (broad SMARTS) is 1. The van der Waals surface area contributed by atoms with E-state index in [0.29, 0.717) is 25.9 Å². The number of benzene rings is 3. The Bertz CT molecular complexity index is 1100. The topological polar surface area (TPSA) is 49.8 Å². The summed E-state index contributed by atoms with van der Waals surface area (Å²) in [6.45, 7) is 1.78. The van der Waals surface area contributed by atoms with E-state index in [1.807, 2.05) is 54.6 Å². The van der Waals surface area contributed by atoms with Gasteiger partial charge >= 0.3 is 5.97 Å². The van der Waals surface area contributed by atoms with Gasteiger partial charge in [0.2, 0.25) is 0 Å². The second-order valence-electron chi connectivity index (χ2n) is 8.56. The second-order valence-corrected chi connectivity index (χ2v) is 8.56. The molecule has 1 aliphatic heterocycles. The molecule has 1 aliphatic rings. The lowest BCUT2D eigenvalue weighted by Gasteiger charge is -2.40. The smallest absolute Gasteiger partial charge is 0.311 e. The van der Waals surface area contributed by atoms with Crippen molar-refractivity contribution in [2.75, 3.05) is 20.2 Å². The van der Waals surface area contributed by atoms with E-state index >= 15 is 0 Å². The Balaban J connectivity index is 1.63. The summed E-state index contributed by atoms with van der Waals surface area (Å²) >= 11 is 0. The maximum atomic E-state index is 13.6. The first-order chi connectivity index (χ1) is 15.5. The summed E-state index contributed by atoms with van der Waals surface area (Å²) in [5.74, 6) is -0.285. The first-order valence-corrected chi connectivity index (χ1v) is 10.9. The van der Waals surface area contributed by atoms with E-state index in [2.05, 4.69) is 4.90 Å². The third-order valence-electron chi connectivity index (χ3n) is 6.35.